The Balaban J connectivity index is 1.90. The van der Waals surface area contributed by atoms with Crippen LogP contribution in [0, 0.1) is 0 Å². The largest absolute Gasteiger partial charge is 0.388 e. The molecule has 0 spiro atoms. The molecule has 2 saturated heterocycles. The molecule has 3 atom stereocenters. The topological polar surface area (TPSA) is 79.2 Å². The van der Waals surface area contributed by atoms with Crippen molar-refractivity contribution in [1.82, 2.24) is 4.90 Å². The number of rotatable bonds is 1. The zero-order chi connectivity index (χ0) is 10.8. The summed E-state index contributed by atoms with van der Waals surface area (Å²) in [5.74, 6) is -0.217. The van der Waals surface area contributed by atoms with Crippen LogP contribution in [0.25, 0.3) is 0 Å². The first-order valence-electron chi connectivity index (χ1n) is 5.03. The molecule has 2 aliphatic rings. The number of β-amino-alcohol motifs (C(OH)–C–C–N with tert-alkyl or cyclic N) is 2. The Labute approximate surface area is 87.4 Å². The molecule has 3 unspecified atom stereocenters. The first kappa shape index (κ1) is 10.8. The highest BCUT2D eigenvalue weighted by molar-refractivity contribution is 5.81. The number of aliphatic hydroxyl groups excluding tert-OH is 2. The predicted octanol–water partition coefficient (Wildman–Crippen LogP) is -2.03. The van der Waals surface area contributed by atoms with Gasteiger partial charge in [0.1, 0.15) is 0 Å². The number of hydrogen-bond donors (Lipinski definition) is 2. The summed E-state index contributed by atoms with van der Waals surface area (Å²) in [7, 11) is 0. The first-order chi connectivity index (χ1) is 7.18. The Hall–Kier alpha value is -0.690. The molecule has 0 aromatic carbocycles. The lowest BCUT2D eigenvalue weighted by atomic mass is 10.3. The van der Waals surface area contributed by atoms with Crippen molar-refractivity contribution in [2.24, 2.45) is 0 Å². The standard InChI is InChI=1S/C9H15NO5/c11-6-3-10(4-7(6)12)9(13)8-5-14-1-2-15-8/h6-8,11-12H,1-5H2. The number of aliphatic hydroxyl groups is 2. The SMILES string of the molecule is O=C(C1COCCO1)N1CC(O)C(O)C1. The van der Waals surface area contributed by atoms with Crippen LogP contribution in [0.2, 0.25) is 0 Å². The van der Waals surface area contributed by atoms with E-state index in [2.05, 4.69) is 0 Å². The van der Waals surface area contributed by atoms with Crippen LogP contribution in [0.1, 0.15) is 0 Å². The van der Waals surface area contributed by atoms with Crippen molar-refractivity contribution in [3.8, 4) is 0 Å². The van der Waals surface area contributed by atoms with Crippen molar-refractivity contribution in [1.29, 1.82) is 0 Å². The number of nitrogens with zero attached hydrogens (tertiary/aromatic N) is 1. The van der Waals surface area contributed by atoms with Crippen LogP contribution in [0.3, 0.4) is 0 Å². The van der Waals surface area contributed by atoms with Crippen molar-refractivity contribution in [2.45, 2.75) is 18.3 Å². The first-order valence-corrected chi connectivity index (χ1v) is 5.03. The minimum absolute atomic E-state index is 0.167. The molecule has 0 radical (unpaired) electrons. The van der Waals surface area contributed by atoms with Crippen molar-refractivity contribution in [3.05, 3.63) is 0 Å². The van der Waals surface area contributed by atoms with Crippen LogP contribution in [0.15, 0.2) is 0 Å². The molecular weight excluding hydrogens is 202 g/mol. The molecule has 2 heterocycles. The van der Waals surface area contributed by atoms with Crippen LogP contribution in [0.4, 0.5) is 0 Å². The minimum Gasteiger partial charge on any atom is -0.388 e. The van der Waals surface area contributed by atoms with Gasteiger partial charge in [0.25, 0.3) is 5.91 Å². The maximum atomic E-state index is 11.8. The van der Waals surface area contributed by atoms with E-state index in [1.54, 1.807) is 0 Å². The molecule has 6 heteroatoms. The minimum atomic E-state index is -0.849. The molecule has 2 fully saturated rings. The molecule has 2 rings (SSSR count). The predicted molar refractivity (Wildman–Crippen MR) is 49.2 cm³/mol. The van der Waals surface area contributed by atoms with E-state index in [1.165, 1.54) is 4.90 Å². The number of likely N-dealkylation sites (tertiary alicyclic amines) is 1. The molecule has 0 saturated carbocycles. The Kier molecular flexibility index (Phi) is 3.20. The van der Waals surface area contributed by atoms with Gasteiger partial charge in [-0.05, 0) is 0 Å². The summed E-state index contributed by atoms with van der Waals surface area (Å²) in [5.41, 5.74) is 0. The fourth-order valence-corrected chi connectivity index (χ4v) is 1.78. The molecule has 6 nitrogen and oxygen atoms in total. The van der Waals surface area contributed by atoms with Gasteiger partial charge in [-0.25, -0.2) is 0 Å². The van der Waals surface area contributed by atoms with E-state index in [-0.39, 0.29) is 25.6 Å². The highest BCUT2D eigenvalue weighted by Crippen LogP contribution is 2.13. The Morgan fingerprint density at radius 2 is 1.87 bits per heavy atom. The Bertz CT molecular complexity index is 231. The normalized spacial score (nSPS) is 36.9. The maximum absolute atomic E-state index is 11.8. The monoisotopic (exact) mass is 217 g/mol. The summed E-state index contributed by atoms with van der Waals surface area (Å²) in [6.07, 6.45) is -2.28. The highest BCUT2D eigenvalue weighted by atomic mass is 16.6. The molecule has 15 heavy (non-hydrogen) atoms. The van der Waals surface area contributed by atoms with Gasteiger partial charge >= 0.3 is 0 Å². The fourth-order valence-electron chi connectivity index (χ4n) is 1.78. The van der Waals surface area contributed by atoms with E-state index in [0.29, 0.717) is 13.2 Å². The highest BCUT2D eigenvalue weighted by Gasteiger charge is 2.36. The number of amides is 1. The summed E-state index contributed by atoms with van der Waals surface area (Å²) < 4.78 is 10.4. The van der Waals surface area contributed by atoms with Crippen LogP contribution < -0.4 is 0 Å². The molecule has 0 bridgehead atoms. The van der Waals surface area contributed by atoms with Gasteiger partial charge in [0.15, 0.2) is 6.10 Å². The number of carbonyl (C=O) groups excluding carboxylic acids is 1. The third-order valence-corrected chi connectivity index (χ3v) is 2.66. The number of carbonyl (C=O) groups is 1. The molecule has 2 N–H and O–H groups in total. The van der Waals surface area contributed by atoms with Crippen LogP contribution in [-0.2, 0) is 14.3 Å². The van der Waals surface area contributed by atoms with Gasteiger partial charge in [-0.2, -0.15) is 0 Å². The van der Waals surface area contributed by atoms with E-state index in [4.69, 9.17) is 9.47 Å². The average molecular weight is 217 g/mol. The van der Waals surface area contributed by atoms with Gasteiger partial charge in [0.05, 0.1) is 32.0 Å². The van der Waals surface area contributed by atoms with Crippen LogP contribution in [0.5, 0.6) is 0 Å². The molecule has 2 aliphatic heterocycles. The lowest BCUT2D eigenvalue weighted by molar-refractivity contribution is -0.157. The second-order valence-corrected chi connectivity index (χ2v) is 3.81. The quantitative estimate of drug-likeness (QED) is 0.529. The van der Waals surface area contributed by atoms with Gasteiger partial charge in [-0.1, -0.05) is 0 Å². The maximum Gasteiger partial charge on any atom is 0.254 e. The third-order valence-electron chi connectivity index (χ3n) is 2.66. The molecule has 1 amide bonds. The summed E-state index contributed by atoms with van der Waals surface area (Å²) in [4.78, 5) is 13.2. The lowest BCUT2D eigenvalue weighted by Gasteiger charge is -2.26. The second kappa shape index (κ2) is 4.44. The van der Waals surface area contributed by atoms with Crippen molar-refractivity contribution in [3.63, 3.8) is 0 Å². The van der Waals surface area contributed by atoms with Crippen LogP contribution in [-0.4, -0.2) is 72.2 Å². The zero-order valence-electron chi connectivity index (χ0n) is 8.33. The van der Waals surface area contributed by atoms with Gasteiger partial charge in [-0.15, -0.1) is 0 Å². The smallest absolute Gasteiger partial charge is 0.254 e. The summed E-state index contributed by atoms with van der Waals surface area (Å²) in [6.45, 7) is 1.51. The molecule has 86 valence electrons. The summed E-state index contributed by atoms with van der Waals surface area (Å²) in [5, 5.41) is 18.6. The van der Waals surface area contributed by atoms with Gasteiger partial charge in [0.2, 0.25) is 0 Å². The van der Waals surface area contributed by atoms with Crippen LogP contribution >= 0.6 is 0 Å². The molecule has 0 aliphatic carbocycles. The van der Waals surface area contributed by atoms with Gasteiger partial charge in [0, 0.05) is 13.1 Å². The van der Waals surface area contributed by atoms with Crippen molar-refractivity contribution in [2.75, 3.05) is 32.9 Å². The van der Waals surface area contributed by atoms with Crippen molar-refractivity contribution >= 4 is 5.91 Å². The Morgan fingerprint density at radius 3 is 2.40 bits per heavy atom. The van der Waals surface area contributed by atoms with Gasteiger partial charge in [-0.3, -0.25) is 4.79 Å². The summed E-state index contributed by atoms with van der Waals surface area (Å²) in [6, 6.07) is 0. The number of ether oxygens (including phenoxy) is 2. The Morgan fingerprint density at radius 1 is 1.20 bits per heavy atom. The van der Waals surface area contributed by atoms with Gasteiger partial charge < -0.3 is 24.6 Å². The molecule has 0 aromatic heterocycles. The van der Waals surface area contributed by atoms with E-state index in [0.717, 1.165) is 0 Å². The second-order valence-electron chi connectivity index (χ2n) is 3.81. The van der Waals surface area contributed by atoms with E-state index in [9.17, 15) is 15.0 Å². The van der Waals surface area contributed by atoms with E-state index in [1.807, 2.05) is 0 Å². The molecule has 0 aromatic rings. The zero-order valence-corrected chi connectivity index (χ0v) is 8.33. The van der Waals surface area contributed by atoms with Crippen molar-refractivity contribution < 1.29 is 24.5 Å². The average Bonchev–Trinajstić information content (AvgIpc) is 2.59. The van der Waals surface area contributed by atoms with E-state index < -0.39 is 18.3 Å². The number of hydrogen-bond acceptors (Lipinski definition) is 5. The van der Waals surface area contributed by atoms with E-state index >= 15 is 0 Å². The third kappa shape index (κ3) is 2.28. The lowest BCUT2D eigenvalue weighted by Crippen LogP contribution is -2.44. The summed E-state index contributed by atoms with van der Waals surface area (Å²) >= 11 is 0. The fraction of sp³-hybridized carbons (Fsp3) is 0.889. The molecular formula is C9H15NO5.